The quantitative estimate of drug-likeness (QED) is 0.582. The number of aldehydes is 1. The molecule has 0 unspecified atom stereocenters. The van der Waals surface area contributed by atoms with Crippen molar-refractivity contribution >= 4 is 45.0 Å². The van der Waals surface area contributed by atoms with Gasteiger partial charge in [-0.25, -0.2) is 0 Å². The Hall–Kier alpha value is -1.06. The summed E-state index contributed by atoms with van der Waals surface area (Å²) in [6.45, 7) is 0. The van der Waals surface area contributed by atoms with E-state index in [0.29, 0.717) is 16.3 Å². The van der Waals surface area contributed by atoms with E-state index in [4.69, 9.17) is 17.3 Å². The van der Waals surface area contributed by atoms with Crippen LogP contribution >= 0.6 is 22.9 Å². The molecule has 13 heavy (non-hydrogen) atoms. The van der Waals surface area contributed by atoms with Crippen LogP contribution in [0.3, 0.4) is 0 Å². The van der Waals surface area contributed by atoms with Crippen LogP contribution in [0.5, 0.6) is 0 Å². The summed E-state index contributed by atoms with van der Waals surface area (Å²) < 4.78 is 0.884. The minimum Gasteiger partial charge on any atom is -0.398 e. The molecule has 0 bridgehead atoms. The fourth-order valence-electron chi connectivity index (χ4n) is 1.26. The predicted molar refractivity (Wildman–Crippen MR) is 56.6 cm³/mol. The number of nitrogen functional groups attached to an aromatic ring is 1. The average Bonchev–Trinajstić information content (AvgIpc) is 2.51. The first-order chi connectivity index (χ1) is 6.24. The van der Waals surface area contributed by atoms with E-state index in [-0.39, 0.29) is 0 Å². The lowest BCUT2D eigenvalue weighted by atomic mass is 10.1. The molecule has 4 heteroatoms. The van der Waals surface area contributed by atoms with E-state index in [1.807, 2.05) is 0 Å². The van der Waals surface area contributed by atoms with Gasteiger partial charge in [-0.2, -0.15) is 0 Å². The second-order valence-corrected chi connectivity index (χ2v) is 3.94. The number of carbonyl (C=O) groups is 1. The number of fused-ring (bicyclic) bond motifs is 1. The van der Waals surface area contributed by atoms with E-state index < -0.39 is 0 Å². The Morgan fingerprint density at radius 1 is 1.46 bits per heavy atom. The van der Waals surface area contributed by atoms with Crippen molar-refractivity contribution in [2.24, 2.45) is 0 Å². The van der Waals surface area contributed by atoms with Gasteiger partial charge in [0.05, 0.1) is 9.72 Å². The van der Waals surface area contributed by atoms with Gasteiger partial charge in [0.2, 0.25) is 0 Å². The maximum atomic E-state index is 10.7. The van der Waals surface area contributed by atoms with Gasteiger partial charge in [0.15, 0.2) is 6.29 Å². The van der Waals surface area contributed by atoms with Gasteiger partial charge in [-0.1, -0.05) is 11.6 Å². The van der Waals surface area contributed by atoms with Crippen LogP contribution in [0.2, 0.25) is 5.02 Å². The molecule has 2 aromatic rings. The first-order valence-corrected chi connectivity index (χ1v) is 4.90. The van der Waals surface area contributed by atoms with Crippen LogP contribution in [0.1, 0.15) is 10.4 Å². The fourth-order valence-corrected chi connectivity index (χ4v) is 2.54. The van der Waals surface area contributed by atoms with E-state index in [9.17, 15) is 4.79 Å². The van der Waals surface area contributed by atoms with Gasteiger partial charge in [0.1, 0.15) is 0 Å². The summed E-state index contributed by atoms with van der Waals surface area (Å²) in [6.07, 6.45) is 0.792. The summed E-state index contributed by atoms with van der Waals surface area (Å²) in [4.78, 5) is 10.7. The molecular formula is C9H6ClNOS. The van der Waals surface area contributed by atoms with Crippen molar-refractivity contribution in [2.45, 2.75) is 0 Å². The fraction of sp³-hybridized carbons (Fsp3) is 0. The Morgan fingerprint density at radius 3 is 2.92 bits per heavy atom. The third kappa shape index (κ3) is 1.20. The lowest BCUT2D eigenvalue weighted by Crippen LogP contribution is -1.87. The van der Waals surface area contributed by atoms with Crippen molar-refractivity contribution < 1.29 is 4.79 Å². The van der Waals surface area contributed by atoms with E-state index in [1.165, 1.54) is 11.3 Å². The Labute approximate surface area is 83.9 Å². The molecule has 0 saturated carbocycles. The number of hydrogen-bond donors (Lipinski definition) is 1. The summed E-state index contributed by atoms with van der Waals surface area (Å²) in [5.74, 6) is 0. The minimum absolute atomic E-state index is 0.592. The number of rotatable bonds is 1. The predicted octanol–water partition coefficient (Wildman–Crippen LogP) is 2.95. The second-order valence-electron chi connectivity index (χ2n) is 2.65. The summed E-state index contributed by atoms with van der Waals surface area (Å²) in [5.41, 5.74) is 6.99. The highest BCUT2D eigenvalue weighted by Gasteiger charge is 2.08. The lowest BCUT2D eigenvalue weighted by molar-refractivity contribution is 0.112. The van der Waals surface area contributed by atoms with Gasteiger partial charge >= 0.3 is 0 Å². The molecule has 2 nitrogen and oxygen atoms in total. The van der Waals surface area contributed by atoms with Crippen LogP contribution in [-0.2, 0) is 0 Å². The Bertz CT molecular complexity index is 478. The van der Waals surface area contributed by atoms with Crippen LogP contribution in [0.25, 0.3) is 10.1 Å². The van der Waals surface area contributed by atoms with Crippen LogP contribution in [-0.4, -0.2) is 6.29 Å². The molecule has 0 spiro atoms. The Balaban J connectivity index is 2.96. The molecule has 1 aromatic heterocycles. The van der Waals surface area contributed by atoms with Gasteiger partial charge in [0.25, 0.3) is 0 Å². The molecule has 0 fully saturated rings. The number of carbonyl (C=O) groups excluding carboxylic acids is 1. The molecule has 2 N–H and O–H groups in total. The summed E-state index contributed by atoms with van der Waals surface area (Å²) in [5, 5.41) is 3.14. The number of benzene rings is 1. The van der Waals surface area contributed by atoms with Crippen molar-refractivity contribution in [3.8, 4) is 0 Å². The highest BCUT2D eigenvalue weighted by molar-refractivity contribution is 7.18. The number of halogens is 1. The number of thiophene rings is 1. The number of anilines is 1. The highest BCUT2D eigenvalue weighted by Crippen LogP contribution is 2.35. The molecule has 2 rings (SSSR count). The lowest BCUT2D eigenvalue weighted by Gasteiger charge is -1.98. The minimum atomic E-state index is 0.592. The third-order valence-corrected chi connectivity index (χ3v) is 3.32. The van der Waals surface area contributed by atoms with E-state index in [1.54, 1.807) is 17.5 Å². The zero-order valence-electron chi connectivity index (χ0n) is 6.58. The van der Waals surface area contributed by atoms with Crippen molar-refractivity contribution in [2.75, 3.05) is 5.73 Å². The maximum absolute atomic E-state index is 10.7. The van der Waals surface area contributed by atoms with Crippen molar-refractivity contribution in [3.63, 3.8) is 0 Å². The van der Waals surface area contributed by atoms with Crippen LogP contribution in [0.15, 0.2) is 17.5 Å². The Kier molecular flexibility index (Phi) is 1.98. The molecule has 0 aliphatic rings. The molecule has 1 heterocycles. The van der Waals surface area contributed by atoms with Crippen molar-refractivity contribution in [1.29, 1.82) is 0 Å². The molecular weight excluding hydrogens is 206 g/mol. The standard InChI is InChI=1S/C9H6ClNOS/c10-6-4-13-9-7(11)2-1-5(3-12)8(6)9/h1-4H,11H2. The van der Waals surface area contributed by atoms with E-state index in [2.05, 4.69) is 0 Å². The molecule has 0 saturated heterocycles. The van der Waals surface area contributed by atoms with E-state index in [0.717, 1.165) is 16.4 Å². The van der Waals surface area contributed by atoms with E-state index >= 15 is 0 Å². The second kappa shape index (κ2) is 3.01. The molecule has 0 aliphatic heterocycles. The summed E-state index contributed by atoms with van der Waals surface area (Å²) >= 11 is 7.38. The molecule has 66 valence electrons. The monoisotopic (exact) mass is 211 g/mol. The van der Waals surface area contributed by atoms with Gasteiger partial charge in [-0.05, 0) is 12.1 Å². The molecule has 1 aromatic carbocycles. The first kappa shape index (κ1) is 8.53. The zero-order valence-corrected chi connectivity index (χ0v) is 8.15. The number of hydrogen-bond acceptors (Lipinski definition) is 3. The van der Waals surface area contributed by atoms with Gasteiger partial charge in [-0.3, -0.25) is 4.79 Å². The van der Waals surface area contributed by atoms with Crippen molar-refractivity contribution in [3.05, 3.63) is 28.1 Å². The number of nitrogens with two attached hydrogens (primary N) is 1. The normalized spacial score (nSPS) is 10.5. The van der Waals surface area contributed by atoms with Gasteiger partial charge < -0.3 is 5.73 Å². The van der Waals surface area contributed by atoms with Crippen molar-refractivity contribution in [1.82, 2.24) is 0 Å². The first-order valence-electron chi connectivity index (χ1n) is 3.64. The zero-order chi connectivity index (χ0) is 9.42. The third-order valence-electron chi connectivity index (χ3n) is 1.87. The smallest absolute Gasteiger partial charge is 0.150 e. The van der Waals surface area contributed by atoms with Gasteiger partial charge in [0, 0.05) is 22.0 Å². The molecule has 0 amide bonds. The van der Waals surface area contributed by atoms with Crippen LogP contribution in [0.4, 0.5) is 5.69 Å². The average molecular weight is 212 g/mol. The molecule has 0 aliphatic carbocycles. The maximum Gasteiger partial charge on any atom is 0.150 e. The topological polar surface area (TPSA) is 43.1 Å². The summed E-state index contributed by atoms with van der Waals surface area (Å²) in [7, 11) is 0. The summed E-state index contributed by atoms with van der Waals surface area (Å²) in [6, 6.07) is 3.40. The Morgan fingerprint density at radius 2 is 2.23 bits per heavy atom. The van der Waals surface area contributed by atoms with Crippen LogP contribution < -0.4 is 5.73 Å². The molecule has 0 atom stereocenters. The van der Waals surface area contributed by atoms with Crippen LogP contribution in [0, 0.1) is 0 Å². The SMILES string of the molecule is Nc1ccc(C=O)c2c(Cl)csc12. The molecule has 0 radical (unpaired) electrons. The van der Waals surface area contributed by atoms with Gasteiger partial charge in [-0.15, -0.1) is 11.3 Å². The highest BCUT2D eigenvalue weighted by atomic mass is 35.5. The largest absolute Gasteiger partial charge is 0.398 e.